The van der Waals surface area contributed by atoms with Crippen LogP contribution < -0.4 is 10.6 Å². The van der Waals surface area contributed by atoms with E-state index in [1.807, 2.05) is 38.1 Å². The smallest absolute Gasteiger partial charge is 0.307 e. The molecule has 1 unspecified atom stereocenters. The summed E-state index contributed by atoms with van der Waals surface area (Å²) in [5.41, 5.74) is 2.18. The minimum absolute atomic E-state index is 0.209. The zero-order valence-electron chi connectivity index (χ0n) is 15.5. The molecular weight excluding hydrogens is 364 g/mol. The van der Waals surface area contributed by atoms with E-state index in [1.165, 1.54) is 0 Å². The Hall–Kier alpha value is -2.37. The van der Waals surface area contributed by atoms with E-state index in [1.54, 1.807) is 24.3 Å². The zero-order valence-corrected chi connectivity index (χ0v) is 16.3. The van der Waals surface area contributed by atoms with Crippen molar-refractivity contribution in [3.63, 3.8) is 0 Å². The van der Waals surface area contributed by atoms with Gasteiger partial charge in [-0.15, -0.1) is 0 Å². The molecule has 2 aromatic carbocycles. The van der Waals surface area contributed by atoms with Crippen LogP contribution in [0, 0.1) is 11.8 Å². The first kappa shape index (κ1) is 20.9. The molecule has 2 aromatic rings. The molecule has 5 nitrogen and oxygen atoms in total. The van der Waals surface area contributed by atoms with Gasteiger partial charge in [-0.3, -0.25) is 9.59 Å². The Morgan fingerprint density at radius 2 is 1.81 bits per heavy atom. The molecule has 1 amide bonds. The monoisotopic (exact) mass is 388 g/mol. The van der Waals surface area contributed by atoms with Crippen molar-refractivity contribution in [2.24, 2.45) is 11.8 Å². The van der Waals surface area contributed by atoms with E-state index >= 15 is 0 Å². The third kappa shape index (κ3) is 7.04. The van der Waals surface area contributed by atoms with Crippen LogP contribution in [0.3, 0.4) is 0 Å². The van der Waals surface area contributed by atoms with Crippen molar-refractivity contribution in [1.29, 1.82) is 0 Å². The number of carboxylic acid groups (broad SMARTS) is 1. The summed E-state index contributed by atoms with van der Waals surface area (Å²) < 4.78 is 0. The quantitative estimate of drug-likeness (QED) is 0.593. The maximum Gasteiger partial charge on any atom is 0.307 e. The third-order valence-electron chi connectivity index (χ3n) is 4.12. The molecule has 0 radical (unpaired) electrons. The first-order valence-electron chi connectivity index (χ1n) is 8.94. The predicted octanol–water partition coefficient (Wildman–Crippen LogP) is 4.43. The van der Waals surface area contributed by atoms with Gasteiger partial charge in [0.15, 0.2) is 0 Å². The van der Waals surface area contributed by atoms with Crippen LogP contribution in [0.4, 0.5) is 5.69 Å². The van der Waals surface area contributed by atoms with Crippen molar-refractivity contribution < 1.29 is 14.7 Å². The molecule has 0 bridgehead atoms. The van der Waals surface area contributed by atoms with Crippen LogP contribution in [0.25, 0.3) is 0 Å². The van der Waals surface area contributed by atoms with E-state index in [4.69, 9.17) is 11.6 Å². The average Bonchev–Trinajstić information content (AvgIpc) is 2.61. The van der Waals surface area contributed by atoms with Crippen molar-refractivity contribution in [2.45, 2.75) is 26.8 Å². The van der Waals surface area contributed by atoms with E-state index in [0.717, 1.165) is 5.56 Å². The van der Waals surface area contributed by atoms with Crippen LogP contribution in [0.1, 0.15) is 36.2 Å². The van der Waals surface area contributed by atoms with Gasteiger partial charge in [-0.2, -0.15) is 0 Å². The number of nitrogens with one attached hydrogen (secondary N) is 2. The summed E-state index contributed by atoms with van der Waals surface area (Å²) in [5.74, 6) is -1.06. The molecule has 0 fully saturated rings. The van der Waals surface area contributed by atoms with Crippen molar-refractivity contribution in [2.75, 3.05) is 11.9 Å². The number of halogens is 1. The number of hydrogen-bond acceptors (Lipinski definition) is 3. The van der Waals surface area contributed by atoms with Crippen molar-refractivity contribution >= 4 is 29.2 Å². The normalized spacial score (nSPS) is 12.0. The fraction of sp³-hybridized carbons (Fsp3) is 0.333. The lowest BCUT2D eigenvalue weighted by molar-refractivity contribution is -0.142. The van der Waals surface area contributed by atoms with Gasteiger partial charge in [-0.05, 0) is 54.3 Å². The topological polar surface area (TPSA) is 78.4 Å². The molecule has 0 saturated heterocycles. The second-order valence-electron chi connectivity index (χ2n) is 6.96. The van der Waals surface area contributed by atoms with Gasteiger partial charge in [-0.1, -0.05) is 37.6 Å². The molecule has 2 rings (SSSR count). The van der Waals surface area contributed by atoms with E-state index in [2.05, 4.69) is 10.6 Å². The van der Waals surface area contributed by atoms with Crippen LogP contribution >= 0.6 is 11.6 Å². The summed E-state index contributed by atoms with van der Waals surface area (Å²) in [7, 11) is 0. The molecule has 0 heterocycles. The first-order chi connectivity index (χ1) is 12.8. The van der Waals surface area contributed by atoms with Gasteiger partial charge in [0.25, 0.3) is 5.91 Å². The summed E-state index contributed by atoms with van der Waals surface area (Å²) >= 11 is 5.84. The number of aliphatic carboxylic acids is 1. The standard InChI is InChI=1S/C21H25ClN2O3/c1-14(2)10-17(21(26)27)13-23-12-15-4-3-5-19(11-15)24-20(25)16-6-8-18(22)9-7-16/h3-9,11,14,17,23H,10,12-13H2,1-2H3,(H,24,25)(H,26,27). The van der Waals surface area contributed by atoms with Crippen molar-refractivity contribution in [3.05, 3.63) is 64.7 Å². The Balaban J connectivity index is 1.91. The first-order valence-corrected chi connectivity index (χ1v) is 9.32. The third-order valence-corrected chi connectivity index (χ3v) is 4.37. The second-order valence-corrected chi connectivity index (χ2v) is 7.39. The van der Waals surface area contributed by atoms with E-state index in [-0.39, 0.29) is 5.91 Å². The molecule has 3 N–H and O–H groups in total. The minimum Gasteiger partial charge on any atom is -0.481 e. The molecule has 0 aliphatic carbocycles. The number of hydrogen-bond donors (Lipinski definition) is 3. The van der Waals surface area contributed by atoms with Crippen LogP contribution in [-0.4, -0.2) is 23.5 Å². The summed E-state index contributed by atoms with van der Waals surface area (Å²) in [5, 5.41) is 15.9. The number of benzene rings is 2. The summed E-state index contributed by atoms with van der Waals surface area (Å²) in [6.07, 6.45) is 0.638. The second kappa shape index (κ2) is 10.1. The Bertz CT molecular complexity index is 775. The van der Waals surface area contributed by atoms with Gasteiger partial charge < -0.3 is 15.7 Å². The molecule has 0 aromatic heterocycles. The number of carbonyl (C=O) groups is 2. The highest BCUT2D eigenvalue weighted by Gasteiger charge is 2.18. The molecule has 0 saturated carbocycles. The number of amides is 1. The van der Waals surface area contributed by atoms with E-state index < -0.39 is 11.9 Å². The summed E-state index contributed by atoms with van der Waals surface area (Å²) in [4.78, 5) is 23.6. The van der Waals surface area contributed by atoms with Crippen LogP contribution in [0.15, 0.2) is 48.5 Å². The van der Waals surface area contributed by atoms with Crippen LogP contribution in [0.5, 0.6) is 0 Å². The molecule has 27 heavy (non-hydrogen) atoms. The van der Waals surface area contributed by atoms with Gasteiger partial charge in [-0.25, -0.2) is 0 Å². The Morgan fingerprint density at radius 1 is 1.11 bits per heavy atom. The van der Waals surface area contributed by atoms with Crippen molar-refractivity contribution in [3.8, 4) is 0 Å². The lowest BCUT2D eigenvalue weighted by atomic mass is 9.97. The lowest BCUT2D eigenvalue weighted by Gasteiger charge is -2.15. The number of rotatable bonds is 9. The summed E-state index contributed by atoms with van der Waals surface area (Å²) in [6.45, 7) is 4.98. The molecule has 1 atom stereocenters. The summed E-state index contributed by atoms with van der Waals surface area (Å²) in [6, 6.07) is 14.2. The fourth-order valence-electron chi connectivity index (χ4n) is 2.79. The number of carbonyl (C=O) groups excluding carboxylic acids is 1. The molecule has 6 heteroatoms. The Kier molecular flexibility index (Phi) is 7.82. The lowest BCUT2D eigenvalue weighted by Crippen LogP contribution is -2.29. The highest BCUT2D eigenvalue weighted by molar-refractivity contribution is 6.30. The van der Waals surface area contributed by atoms with E-state index in [9.17, 15) is 14.7 Å². The highest BCUT2D eigenvalue weighted by atomic mass is 35.5. The van der Waals surface area contributed by atoms with E-state index in [0.29, 0.717) is 41.7 Å². The van der Waals surface area contributed by atoms with Crippen molar-refractivity contribution in [1.82, 2.24) is 5.32 Å². The molecule has 144 valence electrons. The highest BCUT2D eigenvalue weighted by Crippen LogP contribution is 2.15. The SMILES string of the molecule is CC(C)CC(CNCc1cccc(NC(=O)c2ccc(Cl)cc2)c1)C(=O)O. The van der Waals surface area contributed by atoms with Gasteiger partial charge >= 0.3 is 5.97 Å². The van der Waals surface area contributed by atoms with Gasteiger partial charge in [0.05, 0.1) is 5.92 Å². The predicted molar refractivity (Wildman–Crippen MR) is 108 cm³/mol. The minimum atomic E-state index is -0.778. The van der Waals surface area contributed by atoms with Gasteiger partial charge in [0.2, 0.25) is 0 Å². The molecular formula is C21H25ClN2O3. The Morgan fingerprint density at radius 3 is 2.44 bits per heavy atom. The van der Waals surface area contributed by atoms with Crippen LogP contribution in [0.2, 0.25) is 5.02 Å². The maximum atomic E-state index is 12.3. The fourth-order valence-corrected chi connectivity index (χ4v) is 2.92. The Labute approximate surface area is 164 Å². The molecule has 0 aliphatic rings. The van der Waals surface area contributed by atoms with Crippen LogP contribution in [-0.2, 0) is 11.3 Å². The molecule has 0 spiro atoms. The number of carboxylic acids is 1. The number of anilines is 1. The average molecular weight is 389 g/mol. The maximum absolute atomic E-state index is 12.3. The molecule has 0 aliphatic heterocycles. The largest absolute Gasteiger partial charge is 0.481 e. The van der Waals surface area contributed by atoms with Gasteiger partial charge in [0.1, 0.15) is 0 Å². The zero-order chi connectivity index (χ0) is 19.8. The van der Waals surface area contributed by atoms with Gasteiger partial charge in [0, 0.05) is 29.4 Å².